The summed E-state index contributed by atoms with van der Waals surface area (Å²) in [5, 5.41) is 9.35. The summed E-state index contributed by atoms with van der Waals surface area (Å²) >= 11 is 5.93. The quantitative estimate of drug-likeness (QED) is 0.698. The maximum Gasteiger partial charge on any atom is 0.319 e. The van der Waals surface area contributed by atoms with Crippen LogP contribution in [0.15, 0.2) is 47.0 Å². The van der Waals surface area contributed by atoms with Gasteiger partial charge in [-0.3, -0.25) is 0 Å². The molecule has 0 aliphatic heterocycles. The Labute approximate surface area is 152 Å². The van der Waals surface area contributed by atoms with E-state index in [4.69, 9.17) is 16.1 Å². The fourth-order valence-corrected chi connectivity index (χ4v) is 2.35. The number of nitrogens with one attached hydrogen (secondary N) is 2. The minimum absolute atomic E-state index is 0.110. The highest BCUT2D eigenvalue weighted by Crippen LogP contribution is 2.22. The molecule has 9 heteroatoms. The fraction of sp³-hybridized carbons (Fsp3) is 0.118. The minimum atomic E-state index is -1.06. The van der Waals surface area contributed by atoms with Crippen LogP contribution in [0.2, 0.25) is 5.02 Å². The molecule has 0 spiro atoms. The zero-order chi connectivity index (χ0) is 18.7. The van der Waals surface area contributed by atoms with Gasteiger partial charge in [0.05, 0.1) is 0 Å². The Morgan fingerprint density at radius 2 is 2.00 bits per heavy atom. The molecule has 2 amide bonds. The van der Waals surface area contributed by atoms with E-state index in [1.54, 1.807) is 31.2 Å². The zero-order valence-corrected chi connectivity index (χ0v) is 14.2. The van der Waals surface area contributed by atoms with Gasteiger partial charge in [-0.05, 0) is 31.2 Å². The summed E-state index contributed by atoms with van der Waals surface area (Å²) in [7, 11) is 0. The number of carbonyl (C=O) groups is 1. The Morgan fingerprint density at radius 3 is 2.73 bits per heavy atom. The molecule has 0 aliphatic rings. The molecule has 1 heterocycles. The number of hydrogen-bond acceptors (Lipinski definition) is 4. The first-order valence-corrected chi connectivity index (χ1v) is 7.92. The number of anilines is 1. The minimum Gasteiger partial charge on any atom is -0.337 e. The molecular formula is C17H13ClF2N4O2. The third kappa shape index (κ3) is 4.15. The van der Waals surface area contributed by atoms with Crippen LogP contribution in [0.5, 0.6) is 0 Å². The molecular weight excluding hydrogens is 366 g/mol. The third-order valence-corrected chi connectivity index (χ3v) is 3.66. The maximum atomic E-state index is 13.2. The molecule has 3 rings (SSSR count). The van der Waals surface area contributed by atoms with E-state index < -0.39 is 23.7 Å². The first-order chi connectivity index (χ1) is 12.4. The number of nitrogens with zero attached hydrogens (tertiary/aromatic N) is 2. The van der Waals surface area contributed by atoms with Gasteiger partial charge >= 0.3 is 6.03 Å². The Balaban J connectivity index is 1.65. The van der Waals surface area contributed by atoms with Crippen molar-refractivity contribution in [1.82, 2.24) is 15.5 Å². The number of amides is 2. The van der Waals surface area contributed by atoms with Crippen LogP contribution in [0.1, 0.15) is 18.9 Å². The van der Waals surface area contributed by atoms with Gasteiger partial charge in [0.15, 0.2) is 11.6 Å². The predicted molar refractivity (Wildman–Crippen MR) is 91.7 cm³/mol. The van der Waals surface area contributed by atoms with Crippen molar-refractivity contribution < 1.29 is 18.1 Å². The summed E-state index contributed by atoms with van der Waals surface area (Å²) in [6, 6.07) is 8.73. The van der Waals surface area contributed by atoms with Crippen LogP contribution in [0.25, 0.3) is 11.4 Å². The van der Waals surface area contributed by atoms with Crippen molar-refractivity contribution in [2.24, 2.45) is 0 Å². The largest absolute Gasteiger partial charge is 0.337 e. The molecule has 26 heavy (non-hydrogen) atoms. The second-order valence-corrected chi connectivity index (χ2v) is 5.85. The van der Waals surface area contributed by atoms with Crippen molar-refractivity contribution in [2.75, 3.05) is 5.32 Å². The fourth-order valence-electron chi connectivity index (χ4n) is 2.16. The normalized spacial score (nSPS) is 11.8. The lowest BCUT2D eigenvalue weighted by molar-refractivity contribution is 0.245. The van der Waals surface area contributed by atoms with E-state index in [2.05, 4.69) is 20.8 Å². The van der Waals surface area contributed by atoms with Crippen molar-refractivity contribution in [3.05, 3.63) is 65.0 Å². The Hall–Kier alpha value is -3.00. The highest BCUT2D eigenvalue weighted by molar-refractivity contribution is 6.30. The maximum absolute atomic E-state index is 13.2. The Morgan fingerprint density at radius 1 is 1.19 bits per heavy atom. The van der Waals surface area contributed by atoms with Gasteiger partial charge in [-0.25, -0.2) is 13.6 Å². The summed E-state index contributed by atoms with van der Waals surface area (Å²) in [5.74, 6) is -1.54. The molecule has 1 atom stereocenters. The van der Waals surface area contributed by atoms with E-state index in [1.807, 2.05) is 0 Å². The average molecular weight is 379 g/mol. The Bertz CT molecular complexity index is 948. The van der Waals surface area contributed by atoms with E-state index in [9.17, 15) is 13.6 Å². The second-order valence-electron chi connectivity index (χ2n) is 5.42. The standard InChI is InChI=1S/C17H13ClF2N4O2/c1-9(21-17(25)22-12-5-6-13(19)14(20)8-12)16-23-15(24-26-16)10-3-2-4-11(18)7-10/h2-9H,1H3,(H2,21,22,25). The summed E-state index contributed by atoms with van der Waals surface area (Å²) in [6.07, 6.45) is 0. The van der Waals surface area contributed by atoms with Gasteiger partial charge in [0, 0.05) is 22.3 Å². The van der Waals surface area contributed by atoms with Crippen LogP contribution in [0, 0.1) is 11.6 Å². The Kier molecular flexibility index (Phi) is 5.13. The van der Waals surface area contributed by atoms with Crippen molar-refractivity contribution >= 4 is 23.3 Å². The van der Waals surface area contributed by atoms with Gasteiger partial charge in [-0.2, -0.15) is 4.98 Å². The molecule has 6 nitrogen and oxygen atoms in total. The molecule has 134 valence electrons. The molecule has 0 radical (unpaired) electrons. The third-order valence-electron chi connectivity index (χ3n) is 3.42. The lowest BCUT2D eigenvalue weighted by atomic mass is 10.2. The molecule has 1 aromatic heterocycles. The first kappa shape index (κ1) is 17.8. The number of urea groups is 1. The lowest BCUT2D eigenvalue weighted by Crippen LogP contribution is -2.31. The van der Waals surface area contributed by atoms with E-state index >= 15 is 0 Å². The summed E-state index contributed by atoms with van der Waals surface area (Å²) < 4.78 is 31.2. The first-order valence-electron chi connectivity index (χ1n) is 7.54. The molecule has 0 saturated heterocycles. The number of hydrogen-bond donors (Lipinski definition) is 2. The van der Waals surface area contributed by atoms with E-state index in [0.717, 1.165) is 12.1 Å². The van der Waals surface area contributed by atoms with E-state index in [-0.39, 0.29) is 11.6 Å². The van der Waals surface area contributed by atoms with Crippen LogP contribution in [-0.2, 0) is 0 Å². The number of aromatic nitrogens is 2. The summed E-state index contributed by atoms with van der Waals surface area (Å²) in [5.41, 5.74) is 0.782. The molecule has 1 unspecified atom stereocenters. The van der Waals surface area contributed by atoms with Crippen LogP contribution < -0.4 is 10.6 Å². The van der Waals surface area contributed by atoms with Crippen LogP contribution in [0.3, 0.4) is 0 Å². The summed E-state index contributed by atoms with van der Waals surface area (Å²) in [6.45, 7) is 1.64. The molecule has 0 aliphatic carbocycles. The van der Waals surface area contributed by atoms with E-state index in [0.29, 0.717) is 16.4 Å². The molecule has 2 N–H and O–H groups in total. The van der Waals surface area contributed by atoms with E-state index in [1.165, 1.54) is 6.07 Å². The number of rotatable bonds is 4. The topological polar surface area (TPSA) is 80.0 Å². The van der Waals surface area contributed by atoms with Crippen LogP contribution >= 0.6 is 11.6 Å². The van der Waals surface area contributed by atoms with Gasteiger partial charge in [-0.1, -0.05) is 28.9 Å². The number of benzene rings is 2. The van der Waals surface area contributed by atoms with Gasteiger partial charge in [0.1, 0.15) is 6.04 Å². The average Bonchev–Trinajstić information content (AvgIpc) is 3.08. The summed E-state index contributed by atoms with van der Waals surface area (Å²) in [4.78, 5) is 16.2. The van der Waals surface area contributed by atoms with Gasteiger partial charge in [0.25, 0.3) is 0 Å². The van der Waals surface area contributed by atoms with Crippen molar-refractivity contribution in [3.8, 4) is 11.4 Å². The molecule has 0 saturated carbocycles. The van der Waals surface area contributed by atoms with Gasteiger partial charge in [0.2, 0.25) is 11.7 Å². The van der Waals surface area contributed by atoms with Crippen LogP contribution in [-0.4, -0.2) is 16.2 Å². The van der Waals surface area contributed by atoms with Crippen molar-refractivity contribution in [2.45, 2.75) is 13.0 Å². The second kappa shape index (κ2) is 7.49. The molecule has 3 aromatic rings. The lowest BCUT2D eigenvalue weighted by Gasteiger charge is -2.11. The highest BCUT2D eigenvalue weighted by atomic mass is 35.5. The zero-order valence-electron chi connectivity index (χ0n) is 13.5. The number of carbonyl (C=O) groups excluding carboxylic acids is 1. The predicted octanol–water partition coefficient (Wildman–Crippen LogP) is 4.55. The van der Waals surface area contributed by atoms with Crippen molar-refractivity contribution in [1.29, 1.82) is 0 Å². The monoisotopic (exact) mass is 378 g/mol. The van der Waals surface area contributed by atoms with Gasteiger partial charge < -0.3 is 15.2 Å². The van der Waals surface area contributed by atoms with Gasteiger partial charge in [-0.15, -0.1) is 0 Å². The number of halogens is 3. The SMILES string of the molecule is CC(NC(=O)Nc1ccc(F)c(F)c1)c1nc(-c2cccc(Cl)c2)no1. The molecule has 0 fully saturated rings. The highest BCUT2D eigenvalue weighted by Gasteiger charge is 2.18. The van der Waals surface area contributed by atoms with Crippen LogP contribution in [0.4, 0.5) is 19.3 Å². The smallest absolute Gasteiger partial charge is 0.319 e. The molecule has 0 bridgehead atoms. The molecule has 2 aromatic carbocycles. The van der Waals surface area contributed by atoms with Crippen molar-refractivity contribution in [3.63, 3.8) is 0 Å².